The molecule has 1 N–H and O–H groups in total. The molecule has 3 atom stereocenters. The van der Waals surface area contributed by atoms with Crippen molar-refractivity contribution < 1.29 is 23.8 Å². The van der Waals surface area contributed by atoms with Crippen LogP contribution in [0.25, 0.3) is 12.2 Å². The largest absolute Gasteiger partial charge is 0.493 e. The van der Waals surface area contributed by atoms with E-state index in [9.17, 15) is 14.4 Å². The maximum absolute atomic E-state index is 13.3. The number of rotatable bonds is 9. The first-order chi connectivity index (χ1) is 17.3. The van der Waals surface area contributed by atoms with Crippen LogP contribution in [0.3, 0.4) is 0 Å². The van der Waals surface area contributed by atoms with Gasteiger partial charge in [-0.05, 0) is 55.9 Å². The van der Waals surface area contributed by atoms with Gasteiger partial charge < -0.3 is 19.5 Å². The van der Waals surface area contributed by atoms with E-state index in [1.807, 2.05) is 13.0 Å². The number of nitrogens with zero attached hydrogens (tertiary/aromatic N) is 1. The van der Waals surface area contributed by atoms with Crippen LogP contribution in [-0.2, 0) is 20.9 Å². The van der Waals surface area contributed by atoms with Gasteiger partial charge in [0.1, 0.15) is 11.2 Å². The molecule has 1 aromatic heterocycles. The predicted molar refractivity (Wildman–Crippen MR) is 141 cm³/mol. The standard InChI is InChI=1S/C27H36N2O6S/c1-6-34-22-13-19(11-12-21(22)33-5)14-23-27(32)29(25(36-23)15-26(31)35-7-2)16-24(30)28-20-10-8-9-17(3)18(20)4/h11-15,17-18,20H,6-10,16H2,1-5H3,(H,28,30). The fourth-order valence-corrected chi connectivity index (χ4v) is 5.49. The van der Waals surface area contributed by atoms with E-state index >= 15 is 0 Å². The second kappa shape index (κ2) is 12.8. The number of hydrogen-bond donors (Lipinski definition) is 1. The zero-order valence-corrected chi connectivity index (χ0v) is 22.5. The molecule has 1 amide bonds. The number of carbonyl (C=O) groups is 2. The van der Waals surface area contributed by atoms with Gasteiger partial charge in [-0.3, -0.25) is 14.2 Å². The Hall–Kier alpha value is -3.07. The van der Waals surface area contributed by atoms with Crippen molar-refractivity contribution in [2.75, 3.05) is 20.3 Å². The second-order valence-corrected chi connectivity index (χ2v) is 10.1. The molecule has 196 valence electrons. The topological polar surface area (TPSA) is 95.9 Å². The van der Waals surface area contributed by atoms with Gasteiger partial charge in [-0.1, -0.05) is 32.8 Å². The molecule has 1 aromatic carbocycles. The Kier molecular flexibility index (Phi) is 9.75. The Morgan fingerprint density at radius 3 is 2.64 bits per heavy atom. The smallest absolute Gasteiger partial charge is 0.333 e. The highest BCUT2D eigenvalue weighted by Gasteiger charge is 2.28. The van der Waals surface area contributed by atoms with Gasteiger partial charge in [0.25, 0.3) is 5.56 Å². The number of nitrogens with one attached hydrogen (secondary N) is 1. The van der Waals surface area contributed by atoms with Crippen LogP contribution >= 0.6 is 11.3 Å². The Morgan fingerprint density at radius 2 is 1.94 bits per heavy atom. The van der Waals surface area contributed by atoms with E-state index in [1.54, 1.807) is 32.2 Å². The summed E-state index contributed by atoms with van der Waals surface area (Å²) >= 11 is 1.14. The van der Waals surface area contributed by atoms with Crippen LogP contribution in [-0.4, -0.2) is 42.8 Å². The third-order valence-corrected chi connectivity index (χ3v) is 7.66. The van der Waals surface area contributed by atoms with Crippen LogP contribution in [0.15, 0.2) is 23.0 Å². The van der Waals surface area contributed by atoms with Crippen LogP contribution in [0.5, 0.6) is 11.5 Å². The maximum atomic E-state index is 13.3. The van der Waals surface area contributed by atoms with Gasteiger partial charge in [0.2, 0.25) is 5.91 Å². The summed E-state index contributed by atoms with van der Waals surface area (Å²) < 4.78 is 18.1. The fourth-order valence-electron chi connectivity index (χ4n) is 4.46. The highest BCUT2D eigenvalue weighted by molar-refractivity contribution is 7.07. The third kappa shape index (κ3) is 6.78. The number of esters is 1. The molecule has 0 saturated heterocycles. The third-order valence-electron chi connectivity index (χ3n) is 6.60. The van der Waals surface area contributed by atoms with Crippen LogP contribution in [0.4, 0.5) is 0 Å². The molecule has 36 heavy (non-hydrogen) atoms. The summed E-state index contributed by atoms with van der Waals surface area (Å²) in [7, 11) is 1.57. The molecule has 1 saturated carbocycles. The molecule has 2 aromatic rings. The van der Waals surface area contributed by atoms with Crippen molar-refractivity contribution in [3.05, 3.63) is 43.3 Å². The zero-order chi connectivity index (χ0) is 26.2. The van der Waals surface area contributed by atoms with E-state index in [0.29, 0.717) is 39.1 Å². The van der Waals surface area contributed by atoms with Gasteiger partial charge in [-0.2, -0.15) is 0 Å². The lowest BCUT2D eigenvalue weighted by atomic mass is 9.78. The Morgan fingerprint density at radius 1 is 1.17 bits per heavy atom. The summed E-state index contributed by atoms with van der Waals surface area (Å²) in [5.74, 6) is 1.26. The number of methoxy groups -OCH3 is 1. The molecule has 0 bridgehead atoms. The number of ether oxygens (including phenoxy) is 3. The molecular formula is C27H36N2O6S. The Balaban J connectivity index is 1.98. The SMILES string of the molecule is CCOC(=O)C=c1sc(=Cc2ccc(OC)c(OCC)c2)c(=O)n1CC(=O)NC1CCCC(C)C1C. The number of aromatic nitrogens is 1. The second-order valence-electron chi connectivity index (χ2n) is 9.02. The summed E-state index contributed by atoms with van der Waals surface area (Å²) in [6.45, 7) is 8.47. The minimum atomic E-state index is -0.558. The van der Waals surface area contributed by atoms with E-state index in [-0.39, 0.29) is 30.7 Å². The molecule has 9 heteroatoms. The average molecular weight is 517 g/mol. The van der Waals surface area contributed by atoms with Gasteiger partial charge in [-0.15, -0.1) is 11.3 Å². The minimum absolute atomic E-state index is 0.0791. The quantitative estimate of drug-likeness (QED) is 0.515. The van der Waals surface area contributed by atoms with Gasteiger partial charge >= 0.3 is 5.97 Å². The van der Waals surface area contributed by atoms with Crippen molar-refractivity contribution in [1.29, 1.82) is 0 Å². The zero-order valence-electron chi connectivity index (χ0n) is 21.7. The summed E-state index contributed by atoms with van der Waals surface area (Å²) in [6.07, 6.45) is 6.14. The number of amides is 1. The number of carbonyl (C=O) groups excluding carboxylic acids is 2. The first kappa shape index (κ1) is 27.5. The molecule has 8 nitrogen and oxygen atoms in total. The molecule has 3 rings (SSSR count). The fraction of sp³-hybridized carbons (Fsp3) is 0.519. The van der Waals surface area contributed by atoms with Crippen LogP contribution in [0.1, 0.15) is 52.5 Å². The van der Waals surface area contributed by atoms with Gasteiger partial charge in [0.05, 0.1) is 30.9 Å². The molecule has 1 aliphatic rings. The normalized spacial score (nSPS) is 20.8. The van der Waals surface area contributed by atoms with Crippen molar-refractivity contribution in [3.63, 3.8) is 0 Å². The minimum Gasteiger partial charge on any atom is -0.493 e. The molecular weight excluding hydrogens is 480 g/mol. The predicted octanol–water partition coefficient (Wildman–Crippen LogP) is 2.43. The lowest BCUT2D eigenvalue weighted by Gasteiger charge is -2.34. The van der Waals surface area contributed by atoms with Crippen molar-refractivity contribution in [2.45, 2.75) is 59.5 Å². The summed E-state index contributed by atoms with van der Waals surface area (Å²) in [5.41, 5.74) is 0.395. The number of hydrogen-bond acceptors (Lipinski definition) is 7. The van der Waals surface area contributed by atoms with E-state index in [0.717, 1.165) is 36.2 Å². The van der Waals surface area contributed by atoms with Gasteiger partial charge in [0.15, 0.2) is 11.5 Å². The van der Waals surface area contributed by atoms with E-state index in [2.05, 4.69) is 19.2 Å². The number of thiazole rings is 1. The van der Waals surface area contributed by atoms with Crippen molar-refractivity contribution in [1.82, 2.24) is 9.88 Å². The maximum Gasteiger partial charge on any atom is 0.333 e. The Labute approximate surface area is 215 Å². The first-order valence-electron chi connectivity index (χ1n) is 12.5. The molecule has 3 unspecified atom stereocenters. The van der Waals surface area contributed by atoms with Crippen molar-refractivity contribution >= 4 is 35.4 Å². The van der Waals surface area contributed by atoms with E-state index in [1.165, 1.54) is 10.6 Å². The monoisotopic (exact) mass is 516 g/mol. The lowest BCUT2D eigenvalue weighted by molar-refractivity contribution is -0.135. The summed E-state index contributed by atoms with van der Waals surface area (Å²) in [5, 5.41) is 3.11. The van der Waals surface area contributed by atoms with Gasteiger partial charge in [0, 0.05) is 6.04 Å². The molecule has 1 aliphatic carbocycles. The van der Waals surface area contributed by atoms with E-state index in [4.69, 9.17) is 14.2 Å². The van der Waals surface area contributed by atoms with Crippen molar-refractivity contribution in [3.8, 4) is 11.5 Å². The molecule has 0 radical (unpaired) electrons. The Bertz CT molecular complexity index is 1250. The van der Waals surface area contributed by atoms with E-state index < -0.39 is 5.97 Å². The summed E-state index contributed by atoms with van der Waals surface area (Å²) in [4.78, 5) is 38.5. The van der Waals surface area contributed by atoms with Crippen LogP contribution in [0, 0.1) is 11.8 Å². The van der Waals surface area contributed by atoms with Gasteiger partial charge in [-0.25, -0.2) is 4.79 Å². The number of benzene rings is 1. The molecule has 1 heterocycles. The summed E-state index contributed by atoms with van der Waals surface area (Å²) in [6, 6.07) is 5.46. The van der Waals surface area contributed by atoms with Crippen LogP contribution < -0.4 is 29.5 Å². The highest BCUT2D eigenvalue weighted by atomic mass is 32.1. The average Bonchev–Trinajstić information content (AvgIpc) is 3.11. The van der Waals surface area contributed by atoms with Crippen LogP contribution in [0.2, 0.25) is 0 Å². The molecule has 0 spiro atoms. The molecule has 1 fully saturated rings. The lowest BCUT2D eigenvalue weighted by Crippen LogP contribution is -2.46. The molecule has 0 aliphatic heterocycles. The first-order valence-corrected chi connectivity index (χ1v) is 13.3. The van der Waals surface area contributed by atoms with Crippen molar-refractivity contribution in [2.24, 2.45) is 11.8 Å². The highest BCUT2D eigenvalue weighted by Crippen LogP contribution is 2.29.